The first-order valence-corrected chi connectivity index (χ1v) is 6.28. The first kappa shape index (κ1) is 12.7. The van der Waals surface area contributed by atoms with E-state index in [2.05, 4.69) is 10.6 Å². The number of hydrogen-bond acceptors (Lipinski definition) is 3. The molecule has 3 N–H and O–H groups in total. The molecule has 0 atom stereocenters. The zero-order chi connectivity index (χ0) is 13.9. The number of urea groups is 1. The van der Waals surface area contributed by atoms with Gasteiger partial charge in [0.2, 0.25) is 0 Å². The van der Waals surface area contributed by atoms with Crippen LogP contribution in [0.15, 0.2) is 48.5 Å². The molecule has 100 valence electrons. The third-order valence-electron chi connectivity index (χ3n) is 3.10. The van der Waals surface area contributed by atoms with Gasteiger partial charge in [0.15, 0.2) is 0 Å². The second-order valence-electron chi connectivity index (χ2n) is 4.52. The molecule has 1 aliphatic rings. The van der Waals surface area contributed by atoms with E-state index < -0.39 is 7.12 Å². The Morgan fingerprint density at radius 2 is 1.85 bits per heavy atom. The molecule has 0 saturated heterocycles. The summed E-state index contributed by atoms with van der Waals surface area (Å²) in [5, 5.41) is 15.1. The van der Waals surface area contributed by atoms with E-state index in [-0.39, 0.29) is 6.03 Å². The van der Waals surface area contributed by atoms with E-state index in [1.165, 1.54) is 0 Å². The first-order valence-electron chi connectivity index (χ1n) is 6.28. The maximum absolute atomic E-state index is 11.8. The average Bonchev–Trinajstić information content (AvgIpc) is 2.81. The summed E-state index contributed by atoms with van der Waals surface area (Å²) in [6.45, 7) is 0.396. The molecule has 0 fully saturated rings. The minimum atomic E-state index is -0.913. The average molecular weight is 268 g/mol. The van der Waals surface area contributed by atoms with E-state index in [0.29, 0.717) is 17.8 Å². The van der Waals surface area contributed by atoms with Crippen molar-refractivity contribution in [1.29, 1.82) is 0 Å². The number of carbonyl (C=O) groups excluding carboxylic acids is 1. The molecule has 1 aliphatic heterocycles. The van der Waals surface area contributed by atoms with Gasteiger partial charge < -0.3 is 20.3 Å². The number of anilines is 2. The van der Waals surface area contributed by atoms with Crippen molar-refractivity contribution in [2.24, 2.45) is 0 Å². The lowest BCUT2D eigenvalue weighted by Gasteiger charge is -2.08. The van der Waals surface area contributed by atoms with Crippen molar-refractivity contribution in [3.05, 3.63) is 54.1 Å². The Labute approximate surface area is 116 Å². The van der Waals surface area contributed by atoms with Gasteiger partial charge in [-0.1, -0.05) is 24.3 Å². The maximum Gasteiger partial charge on any atom is 0.491 e. The molecule has 0 aliphatic carbocycles. The minimum absolute atomic E-state index is 0.329. The van der Waals surface area contributed by atoms with Gasteiger partial charge >= 0.3 is 13.1 Å². The van der Waals surface area contributed by atoms with Gasteiger partial charge in [0, 0.05) is 11.4 Å². The molecule has 0 spiro atoms. The molecule has 0 aromatic heterocycles. The fourth-order valence-electron chi connectivity index (χ4n) is 2.11. The number of carbonyl (C=O) groups is 1. The smallest absolute Gasteiger partial charge is 0.423 e. The van der Waals surface area contributed by atoms with Crippen LogP contribution < -0.4 is 16.1 Å². The zero-order valence-electron chi connectivity index (χ0n) is 10.7. The number of fused-ring (bicyclic) bond motifs is 1. The predicted octanol–water partition coefficient (Wildman–Crippen LogP) is 1.55. The van der Waals surface area contributed by atoms with Gasteiger partial charge in [-0.2, -0.15) is 0 Å². The summed E-state index contributed by atoms with van der Waals surface area (Å²) in [6.07, 6.45) is 0. The van der Waals surface area contributed by atoms with Gasteiger partial charge in [0.25, 0.3) is 0 Å². The first-order chi connectivity index (χ1) is 9.72. The lowest BCUT2D eigenvalue weighted by molar-refractivity contribution is 0.262. The predicted molar refractivity (Wildman–Crippen MR) is 77.9 cm³/mol. The van der Waals surface area contributed by atoms with Crippen LogP contribution in [0.3, 0.4) is 0 Å². The van der Waals surface area contributed by atoms with Gasteiger partial charge in [-0.15, -0.1) is 0 Å². The Morgan fingerprint density at radius 1 is 1.10 bits per heavy atom. The van der Waals surface area contributed by atoms with E-state index in [0.717, 1.165) is 11.3 Å². The van der Waals surface area contributed by atoms with Gasteiger partial charge in [-0.05, 0) is 35.3 Å². The molecule has 2 aromatic carbocycles. The molecule has 0 saturated carbocycles. The van der Waals surface area contributed by atoms with Crippen molar-refractivity contribution in [2.75, 3.05) is 10.6 Å². The lowest BCUT2D eigenvalue weighted by Crippen LogP contribution is -2.29. The van der Waals surface area contributed by atoms with Crippen LogP contribution >= 0.6 is 0 Å². The lowest BCUT2D eigenvalue weighted by atomic mass is 9.79. The van der Waals surface area contributed by atoms with Gasteiger partial charge in [-0.25, -0.2) is 4.79 Å². The summed E-state index contributed by atoms with van der Waals surface area (Å²) >= 11 is 0. The molecule has 3 rings (SSSR count). The number of hydrogen-bond donors (Lipinski definition) is 3. The third kappa shape index (κ3) is 2.66. The molecule has 1 heterocycles. The van der Waals surface area contributed by atoms with Crippen molar-refractivity contribution >= 4 is 30.0 Å². The molecule has 0 unspecified atom stereocenters. The fourth-order valence-corrected chi connectivity index (χ4v) is 2.11. The minimum Gasteiger partial charge on any atom is -0.423 e. The number of rotatable bonds is 2. The maximum atomic E-state index is 11.8. The highest BCUT2D eigenvalue weighted by Crippen LogP contribution is 2.15. The standard InChI is InChI=1S/C14H13BN2O3/c18-14(16-11-4-2-1-3-5-11)17-12-7-6-10-9-20-15(19)13(10)8-12/h1-8,19H,9H2,(H2,16,17,18). The second-order valence-corrected chi connectivity index (χ2v) is 4.52. The Kier molecular flexibility index (Phi) is 3.41. The van der Waals surface area contributed by atoms with Crippen LogP contribution in [0, 0.1) is 0 Å². The van der Waals surface area contributed by atoms with Crippen LogP contribution in [0.5, 0.6) is 0 Å². The number of amides is 2. The Morgan fingerprint density at radius 3 is 2.65 bits per heavy atom. The monoisotopic (exact) mass is 268 g/mol. The molecular weight excluding hydrogens is 255 g/mol. The number of benzene rings is 2. The summed E-state index contributed by atoms with van der Waals surface area (Å²) < 4.78 is 5.11. The summed E-state index contributed by atoms with van der Waals surface area (Å²) in [4.78, 5) is 11.8. The van der Waals surface area contributed by atoms with E-state index in [4.69, 9.17) is 4.65 Å². The Bertz CT molecular complexity index is 634. The van der Waals surface area contributed by atoms with Crippen LogP contribution in [0.2, 0.25) is 0 Å². The summed E-state index contributed by atoms with van der Waals surface area (Å²) in [5.74, 6) is 0. The van der Waals surface area contributed by atoms with E-state index >= 15 is 0 Å². The normalized spacial score (nSPS) is 12.9. The van der Waals surface area contributed by atoms with Crippen molar-refractivity contribution in [1.82, 2.24) is 0 Å². The number of nitrogens with one attached hydrogen (secondary N) is 2. The van der Waals surface area contributed by atoms with Gasteiger partial charge in [0.1, 0.15) is 0 Å². The largest absolute Gasteiger partial charge is 0.491 e. The third-order valence-corrected chi connectivity index (χ3v) is 3.10. The quantitative estimate of drug-likeness (QED) is 0.723. The molecule has 0 bridgehead atoms. The van der Waals surface area contributed by atoms with Gasteiger partial charge in [0.05, 0.1) is 6.61 Å². The van der Waals surface area contributed by atoms with Crippen LogP contribution in [-0.2, 0) is 11.3 Å². The molecule has 2 aromatic rings. The summed E-state index contributed by atoms with van der Waals surface area (Å²) in [6, 6.07) is 14.2. The summed E-state index contributed by atoms with van der Waals surface area (Å²) in [7, 11) is -0.913. The Balaban J connectivity index is 1.69. The number of para-hydroxylation sites is 1. The molecule has 5 nitrogen and oxygen atoms in total. The summed E-state index contributed by atoms with van der Waals surface area (Å²) in [5.41, 5.74) is 2.96. The van der Waals surface area contributed by atoms with Crippen molar-refractivity contribution in [2.45, 2.75) is 6.61 Å². The fraction of sp³-hybridized carbons (Fsp3) is 0.0714. The highest BCUT2D eigenvalue weighted by molar-refractivity contribution is 6.61. The van der Waals surface area contributed by atoms with E-state index in [1.54, 1.807) is 24.3 Å². The zero-order valence-corrected chi connectivity index (χ0v) is 10.7. The Hall–Kier alpha value is -2.31. The SMILES string of the molecule is O=C(Nc1ccccc1)Nc1ccc2c(c1)B(O)OC2. The van der Waals surface area contributed by atoms with Crippen molar-refractivity contribution < 1.29 is 14.5 Å². The highest BCUT2D eigenvalue weighted by atomic mass is 16.5. The molecule has 0 radical (unpaired) electrons. The molecule has 6 heteroatoms. The van der Waals surface area contributed by atoms with Crippen LogP contribution in [0.25, 0.3) is 0 Å². The molecule has 2 amide bonds. The van der Waals surface area contributed by atoms with E-state index in [1.807, 2.05) is 24.3 Å². The van der Waals surface area contributed by atoms with Gasteiger partial charge in [-0.3, -0.25) is 0 Å². The van der Waals surface area contributed by atoms with Crippen LogP contribution in [0.1, 0.15) is 5.56 Å². The molecule has 20 heavy (non-hydrogen) atoms. The topological polar surface area (TPSA) is 70.6 Å². The van der Waals surface area contributed by atoms with Crippen LogP contribution in [-0.4, -0.2) is 18.2 Å². The van der Waals surface area contributed by atoms with E-state index in [9.17, 15) is 9.82 Å². The van der Waals surface area contributed by atoms with Crippen molar-refractivity contribution in [3.63, 3.8) is 0 Å². The molecular formula is C14H13BN2O3. The second kappa shape index (κ2) is 5.36. The van der Waals surface area contributed by atoms with Crippen LogP contribution in [0.4, 0.5) is 16.2 Å². The highest BCUT2D eigenvalue weighted by Gasteiger charge is 2.27. The van der Waals surface area contributed by atoms with Crippen molar-refractivity contribution in [3.8, 4) is 0 Å².